The molecule has 4 nitrogen and oxygen atoms in total. The molecule has 0 aromatic heterocycles. The van der Waals surface area contributed by atoms with E-state index in [2.05, 4.69) is 0 Å². The molecular weight excluding hydrogens is 302 g/mol. The van der Waals surface area contributed by atoms with Gasteiger partial charge in [0.05, 0.1) is 5.02 Å². The van der Waals surface area contributed by atoms with Gasteiger partial charge in [0.2, 0.25) is 0 Å². The van der Waals surface area contributed by atoms with Gasteiger partial charge >= 0.3 is 0 Å². The molecule has 0 amide bonds. The highest BCUT2D eigenvalue weighted by atomic mass is 35.5. The van der Waals surface area contributed by atoms with Crippen molar-refractivity contribution in [3.8, 4) is 17.6 Å². The summed E-state index contributed by atoms with van der Waals surface area (Å²) in [6.45, 7) is -0.0329. The van der Waals surface area contributed by atoms with Gasteiger partial charge in [0, 0.05) is 5.56 Å². The normalized spacial score (nSPS) is 10.4. The predicted molar refractivity (Wildman–Crippen MR) is 84.0 cm³/mol. The summed E-state index contributed by atoms with van der Waals surface area (Å²) < 4.78 is 5.11. The van der Waals surface area contributed by atoms with E-state index in [1.54, 1.807) is 42.5 Å². The number of ketones is 1. The average Bonchev–Trinajstić information content (AvgIpc) is 2.54. The molecule has 0 unspecified atom stereocenters. The molecule has 0 fully saturated rings. The van der Waals surface area contributed by atoms with Crippen LogP contribution in [0.2, 0.25) is 5.02 Å². The van der Waals surface area contributed by atoms with Gasteiger partial charge in [-0.3, -0.25) is 4.79 Å². The molecule has 0 atom stereocenters. The fourth-order valence-electron chi connectivity index (χ4n) is 1.73. The van der Waals surface area contributed by atoms with Gasteiger partial charge in [0.1, 0.15) is 17.6 Å². The number of ether oxygens (including phenoxy) is 1. The van der Waals surface area contributed by atoms with Crippen molar-refractivity contribution in [3.05, 3.63) is 64.7 Å². The van der Waals surface area contributed by atoms with Gasteiger partial charge in [-0.25, -0.2) is 0 Å². The van der Waals surface area contributed by atoms with E-state index in [4.69, 9.17) is 21.6 Å². The number of allylic oxidation sites excluding steroid dienone is 1. The second-order valence-electron chi connectivity index (χ2n) is 4.38. The zero-order chi connectivity index (χ0) is 15.9. The van der Waals surface area contributed by atoms with E-state index in [9.17, 15) is 9.90 Å². The lowest BCUT2D eigenvalue weighted by Crippen LogP contribution is -1.96. The van der Waals surface area contributed by atoms with Gasteiger partial charge in [-0.15, -0.1) is 0 Å². The Hall–Kier alpha value is -2.77. The number of nitriles is 1. The van der Waals surface area contributed by atoms with E-state index in [-0.39, 0.29) is 23.2 Å². The predicted octanol–water partition coefficient (Wildman–Crippen LogP) is 3.84. The van der Waals surface area contributed by atoms with Gasteiger partial charge in [-0.05, 0) is 48.0 Å². The summed E-state index contributed by atoms with van der Waals surface area (Å²) in [7, 11) is 0. The molecule has 0 saturated carbocycles. The maximum absolute atomic E-state index is 12.0. The summed E-state index contributed by atoms with van der Waals surface area (Å²) in [6.07, 6.45) is 3.04. The van der Waals surface area contributed by atoms with Crippen molar-refractivity contribution < 1.29 is 14.6 Å². The number of phenols is 1. The van der Waals surface area contributed by atoms with Crippen LogP contribution in [-0.4, -0.2) is 17.5 Å². The van der Waals surface area contributed by atoms with Crippen LogP contribution in [0.4, 0.5) is 0 Å². The smallest absolute Gasteiger partial charge is 0.185 e. The van der Waals surface area contributed by atoms with E-state index in [0.29, 0.717) is 16.9 Å². The molecule has 0 aliphatic carbocycles. The molecule has 0 aliphatic heterocycles. The van der Waals surface area contributed by atoms with E-state index in [1.807, 2.05) is 6.07 Å². The van der Waals surface area contributed by atoms with Crippen LogP contribution in [0.5, 0.6) is 11.5 Å². The molecule has 2 rings (SSSR count). The lowest BCUT2D eigenvalue weighted by atomic mass is 10.1. The van der Waals surface area contributed by atoms with Gasteiger partial charge in [-0.1, -0.05) is 23.7 Å². The number of carbonyl (C=O) groups excluding carboxylic acids is 1. The Bertz CT molecular complexity index is 745. The van der Waals surface area contributed by atoms with Crippen LogP contribution in [-0.2, 0) is 0 Å². The summed E-state index contributed by atoms with van der Waals surface area (Å²) in [5, 5.41) is 18.0. The summed E-state index contributed by atoms with van der Waals surface area (Å²) in [5.74, 6) is 0.363. The highest BCUT2D eigenvalue weighted by Gasteiger charge is 2.03. The minimum absolute atomic E-state index is 0.00176. The van der Waals surface area contributed by atoms with Gasteiger partial charge in [-0.2, -0.15) is 5.26 Å². The molecule has 0 heterocycles. The Labute approximate surface area is 132 Å². The molecule has 110 valence electrons. The first-order valence-electron chi connectivity index (χ1n) is 6.41. The number of hydrogen-bond acceptors (Lipinski definition) is 4. The molecule has 0 bridgehead atoms. The standard InChI is InChI=1S/C17H12ClNO3/c18-15-11-12(2-8-17(15)21)1-7-16(20)13-3-5-14(6-4-13)22-10-9-19/h1-8,11,21H,10H2. The summed E-state index contributed by atoms with van der Waals surface area (Å²) in [4.78, 5) is 12.0. The topological polar surface area (TPSA) is 70.3 Å². The van der Waals surface area contributed by atoms with Crippen LogP contribution in [0.3, 0.4) is 0 Å². The van der Waals surface area contributed by atoms with Crippen LogP contribution < -0.4 is 4.74 Å². The lowest BCUT2D eigenvalue weighted by molar-refractivity contribution is 0.104. The highest BCUT2D eigenvalue weighted by Crippen LogP contribution is 2.24. The summed E-state index contributed by atoms with van der Waals surface area (Å²) >= 11 is 5.80. The highest BCUT2D eigenvalue weighted by molar-refractivity contribution is 6.32. The molecule has 1 N–H and O–H groups in total. The third-order valence-electron chi connectivity index (χ3n) is 2.84. The average molecular weight is 314 g/mol. The maximum Gasteiger partial charge on any atom is 0.185 e. The Morgan fingerprint density at radius 3 is 2.64 bits per heavy atom. The first kappa shape index (κ1) is 15.6. The van der Waals surface area contributed by atoms with Crippen LogP contribution >= 0.6 is 11.6 Å². The number of carbonyl (C=O) groups is 1. The molecule has 2 aromatic carbocycles. The third kappa shape index (κ3) is 4.11. The first-order valence-corrected chi connectivity index (χ1v) is 6.78. The quantitative estimate of drug-likeness (QED) is 0.672. The van der Waals surface area contributed by atoms with Crippen LogP contribution in [0, 0.1) is 11.3 Å². The largest absolute Gasteiger partial charge is 0.506 e. The SMILES string of the molecule is N#CCOc1ccc(C(=O)C=Cc2ccc(O)c(Cl)c2)cc1. The molecule has 0 spiro atoms. The molecule has 0 aliphatic rings. The van der Waals surface area contributed by atoms with E-state index in [0.717, 1.165) is 0 Å². The van der Waals surface area contributed by atoms with Crippen LogP contribution in [0.25, 0.3) is 6.08 Å². The van der Waals surface area contributed by atoms with Crippen molar-refractivity contribution in [2.45, 2.75) is 0 Å². The number of nitrogens with zero attached hydrogens (tertiary/aromatic N) is 1. The number of benzene rings is 2. The first-order chi connectivity index (χ1) is 10.6. The van der Waals surface area contributed by atoms with Crippen LogP contribution in [0.1, 0.15) is 15.9 Å². The monoisotopic (exact) mass is 313 g/mol. The van der Waals surface area contributed by atoms with E-state index >= 15 is 0 Å². The van der Waals surface area contributed by atoms with Crippen molar-refractivity contribution in [2.75, 3.05) is 6.61 Å². The van der Waals surface area contributed by atoms with Crippen molar-refractivity contribution in [1.82, 2.24) is 0 Å². The number of aromatic hydroxyl groups is 1. The van der Waals surface area contributed by atoms with Crippen LogP contribution in [0.15, 0.2) is 48.5 Å². The van der Waals surface area contributed by atoms with E-state index in [1.165, 1.54) is 12.1 Å². The fraction of sp³-hybridized carbons (Fsp3) is 0.0588. The van der Waals surface area contributed by atoms with Crippen molar-refractivity contribution in [3.63, 3.8) is 0 Å². The second-order valence-corrected chi connectivity index (χ2v) is 4.79. The fourth-order valence-corrected chi connectivity index (χ4v) is 1.91. The number of halogens is 1. The lowest BCUT2D eigenvalue weighted by Gasteiger charge is -2.02. The minimum Gasteiger partial charge on any atom is -0.506 e. The Balaban J connectivity index is 2.06. The molecule has 0 radical (unpaired) electrons. The van der Waals surface area contributed by atoms with Crippen molar-refractivity contribution in [1.29, 1.82) is 5.26 Å². The minimum atomic E-state index is -0.170. The number of phenolic OH excluding ortho intramolecular Hbond substituents is 1. The molecule has 5 heteroatoms. The second kappa shape index (κ2) is 7.30. The summed E-state index contributed by atoms with van der Waals surface area (Å²) in [6, 6.07) is 13.1. The third-order valence-corrected chi connectivity index (χ3v) is 3.14. The zero-order valence-corrected chi connectivity index (χ0v) is 12.2. The van der Waals surface area contributed by atoms with E-state index < -0.39 is 0 Å². The van der Waals surface area contributed by atoms with Crippen molar-refractivity contribution in [2.24, 2.45) is 0 Å². The van der Waals surface area contributed by atoms with Gasteiger partial charge < -0.3 is 9.84 Å². The van der Waals surface area contributed by atoms with Gasteiger partial charge in [0.15, 0.2) is 12.4 Å². The molecule has 2 aromatic rings. The molecular formula is C17H12ClNO3. The Morgan fingerprint density at radius 1 is 1.27 bits per heavy atom. The van der Waals surface area contributed by atoms with Gasteiger partial charge in [0.25, 0.3) is 0 Å². The molecule has 22 heavy (non-hydrogen) atoms. The molecule has 0 saturated heterocycles. The summed E-state index contributed by atoms with van der Waals surface area (Å²) in [5.41, 5.74) is 1.22. The Kier molecular flexibility index (Phi) is 5.18. The maximum atomic E-state index is 12.0. The Morgan fingerprint density at radius 2 is 2.00 bits per heavy atom. The van der Waals surface area contributed by atoms with Crippen molar-refractivity contribution >= 4 is 23.5 Å². The zero-order valence-electron chi connectivity index (χ0n) is 11.5. The number of hydrogen-bond donors (Lipinski definition) is 1. The number of rotatable bonds is 5.